The molecule has 230 valence electrons. The maximum absolute atomic E-state index is 6.34. The van der Waals surface area contributed by atoms with Crippen molar-refractivity contribution in [1.29, 1.82) is 0 Å². The van der Waals surface area contributed by atoms with Crippen LogP contribution in [0.1, 0.15) is 27.7 Å². The van der Waals surface area contributed by atoms with E-state index in [1.54, 1.807) is 6.20 Å². The molecule has 1 aliphatic heterocycles. The first-order valence-electron chi connectivity index (χ1n) is 15.9. The van der Waals surface area contributed by atoms with E-state index in [9.17, 15) is 0 Å². The minimum Gasteiger partial charge on any atom is -0.399 e. The summed E-state index contributed by atoms with van der Waals surface area (Å²) in [5.74, 6) is 0. The maximum Gasteiger partial charge on any atom is 0.494 e. The Hall–Kier alpha value is -4.82. The zero-order chi connectivity index (χ0) is 32.2. The van der Waals surface area contributed by atoms with Gasteiger partial charge < -0.3 is 14.2 Å². The molecule has 8 rings (SSSR count). The fourth-order valence-electron chi connectivity index (χ4n) is 6.15. The van der Waals surface area contributed by atoms with Crippen LogP contribution >= 0.6 is 11.3 Å². The summed E-state index contributed by atoms with van der Waals surface area (Å²) < 4.78 is 15.2. The van der Waals surface area contributed by atoms with Gasteiger partial charge in [0.05, 0.1) is 22.6 Å². The molecular formula is C40H34BN3O2S. The summed E-state index contributed by atoms with van der Waals surface area (Å²) >= 11 is 1.83. The number of nitrogens with zero attached hydrogens (tertiary/aromatic N) is 3. The molecule has 0 atom stereocenters. The van der Waals surface area contributed by atoms with Crippen LogP contribution in [0.3, 0.4) is 0 Å². The van der Waals surface area contributed by atoms with Gasteiger partial charge in [-0.2, -0.15) is 0 Å². The molecule has 0 unspecified atom stereocenters. The molecule has 1 aliphatic rings. The van der Waals surface area contributed by atoms with Gasteiger partial charge in [0.1, 0.15) is 0 Å². The molecule has 3 aromatic heterocycles. The molecule has 4 heterocycles. The van der Waals surface area contributed by atoms with Crippen LogP contribution in [0.15, 0.2) is 134 Å². The zero-order valence-corrected chi connectivity index (χ0v) is 27.7. The van der Waals surface area contributed by atoms with Crippen LogP contribution in [0, 0.1) is 0 Å². The molecule has 7 aromatic rings. The highest BCUT2D eigenvalue weighted by atomic mass is 32.1. The molecule has 1 saturated heterocycles. The Bertz CT molecular complexity index is 2210. The third kappa shape index (κ3) is 5.40. The Morgan fingerprint density at radius 3 is 1.91 bits per heavy atom. The summed E-state index contributed by atoms with van der Waals surface area (Å²) in [6, 6.07) is 42.7. The van der Waals surface area contributed by atoms with Crippen LogP contribution in [0.25, 0.3) is 42.7 Å². The molecule has 0 saturated carbocycles. The molecule has 0 spiro atoms. The molecular weight excluding hydrogens is 597 g/mol. The van der Waals surface area contributed by atoms with E-state index in [-0.39, 0.29) is 0 Å². The number of thiophene rings is 1. The molecule has 4 aromatic carbocycles. The number of anilines is 3. The number of fused-ring (bicyclic) bond motifs is 3. The molecule has 1 fully saturated rings. The fraction of sp³-hybridized carbons (Fsp3) is 0.150. The molecule has 0 amide bonds. The van der Waals surface area contributed by atoms with E-state index in [1.165, 1.54) is 31.3 Å². The molecule has 7 heteroatoms. The largest absolute Gasteiger partial charge is 0.494 e. The van der Waals surface area contributed by atoms with Crippen molar-refractivity contribution in [2.24, 2.45) is 0 Å². The van der Waals surface area contributed by atoms with E-state index in [0.717, 1.165) is 33.9 Å². The number of rotatable bonds is 6. The number of benzene rings is 4. The third-order valence-corrected chi connectivity index (χ3v) is 10.6. The predicted molar refractivity (Wildman–Crippen MR) is 196 cm³/mol. The van der Waals surface area contributed by atoms with Crippen molar-refractivity contribution in [3.8, 4) is 22.5 Å². The van der Waals surface area contributed by atoms with E-state index >= 15 is 0 Å². The Balaban J connectivity index is 1.22. The van der Waals surface area contributed by atoms with Crippen LogP contribution < -0.4 is 10.4 Å². The Morgan fingerprint density at radius 2 is 1.15 bits per heavy atom. The van der Waals surface area contributed by atoms with E-state index in [0.29, 0.717) is 0 Å². The van der Waals surface area contributed by atoms with Gasteiger partial charge in [-0.25, -0.2) is 0 Å². The maximum atomic E-state index is 6.34. The van der Waals surface area contributed by atoms with Crippen molar-refractivity contribution in [1.82, 2.24) is 9.97 Å². The highest BCUT2D eigenvalue weighted by Gasteiger charge is 2.51. The second-order valence-electron chi connectivity index (χ2n) is 13.0. The van der Waals surface area contributed by atoms with Crippen molar-refractivity contribution in [2.75, 3.05) is 4.90 Å². The first kappa shape index (κ1) is 29.6. The Kier molecular flexibility index (Phi) is 7.21. The minimum atomic E-state index is -0.475. The monoisotopic (exact) mass is 631 g/mol. The van der Waals surface area contributed by atoms with Gasteiger partial charge in [-0.15, -0.1) is 11.3 Å². The smallest absolute Gasteiger partial charge is 0.399 e. The van der Waals surface area contributed by atoms with Gasteiger partial charge in [-0.05, 0) is 105 Å². The van der Waals surface area contributed by atoms with Crippen LogP contribution in [0.5, 0.6) is 0 Å². The van der Waals surface area contributed by atoms with Gasteiger partial charge >= 0.3 is 7.12 Å². The average Bonchev–Trinajstić information content (AvgIpc) is 3.57. The normalized spacial score (nSPS) is 15.4. The zero-order valence-electron chi connectivity index (χ0n) is 26.8. The lowest BCUT2D eigenvalue weighted by Gasteiger charge is -2.32. The molecule has 47 heavy (non-hydrogen) atoms. The lowest BCUT2D eigenvalue weighted by molar-refractivity contribution is 0.00578. The van der Waals surface area contributed by atoms with Crippen molar-refractivity contribution >= 4 is 61.2 Å². The summed E-state index contributed by atoms with van der Waals surface area (Å²) in [4.78, 5) is 11.8. The van der Waals surface area contributed by atoms with E-state index in [1.807, 2.05) is 35.7 Å². The van der Waals surface area contributed by atoms with Crippen molar-refractivity contribution in [3.05, 3.63) is 134 Å². The molecule has 0 aliphatic carbocycles. The summed E-state index contributed by atoms with van der Waals surface area (Å²) in [6.07, 6.45) is 3.66. The first-order valence-corrected chi connectivity index (χ1v) is 16.7. The highest BCUT2D eigenvalue weighted by Crippen LogP contribution is 2.41. The molecule has 0 radical (unpaired) electrons. The van der Waals surface area contributed by atoms with E-state index < -0.39 is 18.3 Å². The second kappa shape index (κ2) is 11.5. The van der Waals surface area contributed by atoms with Crippen molar-refractivity contribution < 1.29 is 9.31 Å². The van der Waals surface area contributed by atoms with Crippen LogP contribution in [0.2, 0.25) is 0 Å². The van der Waals surface area contributed by atoms with Gasteiger partial charge in [0.25, 0.3) is 0 Å². The Labute approximate surface area is 279 Å². The summed E-state index contributed by atoms with van der Waals surface area (Å²) in [5.41, 5.74) is 7.09. The standard InChI is InChI=1S/C40H34BN3O2S/c1-39(2)40(3,4)46-41(45-39)29-20-22-42-35(24-29)36-26-32(21-23-43-36)44(30-16-14-28(15-17-30)27-10-6-5-7-11-27)31-18-19-38-34(25-31)33-12-8-9-13-37(33)47-38/h5-26H,1-4H3. The van der Waals surface area contributed by atoms with Crippen LogP contribution in [-0.2, 0) is 9.31 Å². The van der Waals surface area contributed by atoms with Gasteiger partial charge in [0, 0.05) is 49.6 Å². The molecule has 5 nitrogen and oxygen atoms in total. The van der Waals surface area contributed by atoms with Gasteiger partial charge in [-0.1, -0.05) is 60.7 Å². The summed E-state index contributed by atoms with van der Waals surface area (Å²) in [6.45, 7) is 8.27. The SMILES string of the molecule is CC1(C)OB(c2ccnc(-c3cc(N(c4ccc(-c5ccccc5)cc4)c4ccc5sc6ccccc6c5c4)ccn3)c2)OC1(C)C. The lowest BCUT2D eigenvalue weighted by atomic mass is 9.79. The summed E-state index contributed by atoms with van der Waals surface area (Å²) in [7, 11) is -0.475. The topological polar surface area (TPSA) is 47.5 Å². The third-order valence-electron chi connectivity index (χ3n) is 9.42. The fourth-order valence-corrected chi connectivity index (χ4v) is 7.23. The van der Waals surface area contributed by atoms with E-state index in [4.69, 9.17) is 19.3 Å². The number of pyridine rings is 2. The quantitative estimate of drug-likeness (QED) is 0.171. The van der Waals surface area contributed by atoms with Gasteiger partial charge in [0.2, 0.25) is 0 Å². The number of hydrogen-bond donors (Lipinski definition) is 0. The van der Waals surface area contributed by atoms with E-state index in [2.05, 4.69) is 136 Å². The number of aromatic nitrogens is 2. The minimum absolute atomic E-state index is 0.426. The first-order chi connectivity index (χ1) is 22.8. The van der Waals surface area contributed by atoms with Crippen molar-refractivity contribution in [3.63, 3.8) is 0 Å². The highest BCUT2D eigenvalue weighted by molar-refractivity contribution is 7.25. The number of hydrogen-bond acceptors (Lipinski definition) is 6. The molecule has 0 bridgehead atoms. The summed E-state index contributed by atoms with van der Waals surface area (Å²) in [5, 5.41) is 2.52. The predicted octanol–water partition coefficient (Wildman–Crippen LogP) is 9.95. The lowest BCUT2D eigenvalue weighted by Crippen LogP contribution is -2.41. The van der Waals surface area contributed by atoms with Gasteiger partial charge in [-0.3, -0.25) is 9.97 Å². The van der Waals surface area contributed by atoms with Crippen molar-refractivity contribution in [2.45, 2.75) is 38.9 Å². The van der Waals surface area contributed by atoms with Crippen LogP contribution in [-0.4, -0.2) is 28.3 Å². The average molecular weight is 632 g/mol. The van der Waals surface area contributed by atoms with Gasteiger partial charge in [0.15, 0.2) is 0 Å². The molecule has 0 N–H and O–H groups in total. The Morgan fingerprint density at radius 1 is 0.553 bits per heavy atom. The second-order valence-corrected chi connectivity index (χ2v) is 14.1. The van der Waals surface area contributed by atoms with Crippen LogP contribution in [0.4, 0.5) is 17.1 Å².